The maximum atomic E-state index is 10.3. The number of aliphatic hydroxyl groups excluding tert-OH is 7. The molecule has 7 N–H and O–H groups in total. The number of rotatable bonds is 5. The van der Waals surface area contributed by atoms with Crippen molar-refractivity contribution in [3.8, 4) is 0 Å². The van der Waals surface area contributed by atoms with E-state index in [2.05, 4.69) is 0 Å². The van der Waals surface area contributed by atoms with Gasteiger partial charge in [-0.05, 0) is 0 Å². The van der Waals surface area contributed by atoms with E-state index in [1.165, 1.54) is 7.11 Å². The van der Waals surface area contributed by atoms with E-state index in [0.29, 0.717) is 0 Å². The van der Waals surface area contributed by atoms with Crippen LogP contribution in [0.3, 0.4) is 0 Å². The highest BCUT2D eigenvalue weighted by Crippen LogP contribution is 2.38. The van der Waals surface area contributed by atoms with Crippen molar-refractivity contribution in [2.45, 2.75) is 59.7 Å². The topological polar surface area (TPSA) is 169 Å². The van der Waals surface area contributed by atoms with E-state index in [1.54, 1.807) is 0 Å². The summed E-state index contributed by atoms with van der Waals surface area (Å²) < 4.78 is 15.1. The van der Waals surface area contributed by atoms with Crippen LogP contribution in [0.4, 0.5) is 0 Å². The first-order chi connectivity index (χ1) is 11.3. The van der Waals surface area contributed by atoms with Crippen molar-refractivity contribution in [2.75, 3.05) is 20.3 Å². The third-order valence-electron chi connectivity index (χ3n) is 4.21. The molecule has 0 aromatic heterocycles. The lowest BCUT2D eigenvalue weighted by molar-refractivity contribution is -0.259. The molecule has 2 aliphatic rings. The molecule has 2 rings (SSSR count). The molecule has 0 aromatic carbocycles. The van der Waals surface area contributed by atoms with Crippen molar-refractivity contribution in [1.82, 2.24) is 0 Å². The lowest BCUT2D eigenvalue weighted by Crippen LogP contribution is -2.62. The zero-order valence-electron chi connectivity index (χ0n) is 13.0. The van der Waals surface area contributed by atoms with E-state index in [9.17, 15) is 35.7 Å². The highest BCUT2D eigenvalue weighted by atomic mass is 32.2. The molecule has 0 radical (unpaired) electrons. The van der Waals surface area contributed by atoms with Crippen LogP contribution in [0.1, 0.15) is 0 Å². The van der Waals surface area contributed by atoms with Gasteiger partial charge in [-0.2, -0.15) is 0 Å². The van der Waals surface area contributed by atoms with Crippen LogP contribution in [-0.4, -0.2) is 116 Å². The standard InChI is InChI=1S/C13H24O10S/c1-21-13-9(19)11(7(17)5(3-15)23-13)24-10-6(16)4(2-14)22-12(20)8(10)18/h4-20H,2-3H2,1H3/t4-,5-,6-,7-,8-,9+,10+,11+,12-,13+/m1/s1. The largest absolute Gasteiger partial charge is 0.394 e. The minimum atomic E-state index is -1.64. The van der Waals surface area contributed by atoms with E-state index in [0.717, 1.165) is 11.8 Å². The fourth-order valence-corrected chi connectivity index (χ4v) is 4.44. The number of methoxy groups -OCH3 is 1. The predicted molar refractivity (Wildman–Crippen MR) is 79.9 cm³/mol. The van der Waals surface area contributed by atoms with Crippen LogP contribution in [0, 0.1) is 0 Å². The number of thioether (sulfide) groups is 1. The SMILES string of the molecule is CO[C@H]1O[C@H](CO)[C@@H](O)[C@H](S[C@@H]2[C@@H](O)[C@H](O)O[C@H](CO)[C@H]2O)[C@@H]1O. The van der Waals surface area contributed by atoms with Gasteiger partial charge in [0.25, 0.3) is 0 Å². The van der Waals surface area contributed by atoms with Crippen LogP contribution >= 0.6 is 11.8 Å². The van der Waals surface area contributed by atoms with Crippen LogP contribution in [0.5, 0.6) is 0 Å². The average molecular weight is 372 g/mol. The summed E-state index contributed by atoms with van der Waals surface area (Å²) in [6, 6.07) is 0. The third kappa shape index (κ3) is 3.86. The Kier molecular flexibility index (Phi) is 7.22. The number of hydrogen-bond donors (Lipinski definition) is 7. The quantitative estimate of drug-likeness (QED) is 0.251. The summed E-state index contributed by atoms with van der Waals surface area (Å²) in [7, 11) is 1.28. The van der Waals surface area contributed by atoms with E-state index in [1.807, 2.05) is 0 Å². The van der Waals surface area contributed by atoms with Gasteiger partial charge in [0.1, 0.15) is 24.4 Å². The molecule has 2 fully saturated rings. The van der Waals surface area contributed by atoms with E-state index >= 15 is 0 Å². The molecule has 10 nitrogen and oxygen atoms in total. The lowest BCUT2D eigenvalue weighted by Gasteiger charge is -2.46. The minimum absolute atomic E-state index is 0.522. The van der Waals surface area contributed by atoms with Gasteiger partial charge in [-0.25, -0.2) is 0 Å². The summed E-state index contributed by atoms with van der Waals surface area (Å²) >= 11 is 0.813. The van der Waals surface area contributed by atoms with Gasteiger partial charge in [-0.1, -0.05) is 0 Å². The molecule has 0 aromatic rings. The fourth-order valence-electron chi connectivity index (χ4n) is 2.82. The first-order valence-corrected chi connectivity index (χ1v) is 8.41. The second-order valence-electron chi connectivity index (χ2n) is 5.74. The molecule has 0 bridgehead atoms. The summed E-state index contributed by atoms with van der Waals surface area (Å²) in [6.07, 6.45) is -10.4. The Labute approximate surface area is 142 Å². The van der Waals surface area contributed by atoms with Gasteiger partial charge in [0, 0.05) is 7.11 Å². The van der Waals surface area contributed by atoms with Gasteiger partial charge < -0.3 is 50.0 Å². The second-order valence-corrected chi connectivity index (χ2v) is 7.10. The monoisotopic (exact) mass is 372 g/mol. The third-order valence-corrected chi connectivity index (χ3v) is 5.95. The van der Waals surface area contributed by atoms with Crippen molar-refractivity contribution < 1.29 is 50.0 Å². The zero-order valence-corrected chi connectivity index (χ0v) is 13.8. The summed E-state index contributed by atoms with van der Waals surface area (Å²) in [6.45, 7) is -1.10. The Morgan fingerprint density at radius 2 is 1.29 bits per heavy atom. The summed E-state index contributed by atoms with van der Waals surface area (Å²) in [4.78, 5) is 0. The van der Waals surface area contributed by atoms with Crippen LogP contribution in [0.2, 0.25) is 0 Å². The van der Waals surface area contributed by atoms with E-state index in [4.69, 9.17) is 14.2 Å². The normalized spacial score (nSPS) is 50.0. The molecule has 0 aliphatic carbocycles. The number of aliphatic hydroxyl groups is 7. The van der Waals surface area contributed by atoms with Crippen LogP contribution in [0.25, 0.3) is 0 Å². The molecule has 24 heavy (non-hydrogen) atoms. The molecule has 0 spiro atoms. The van der Waals surface area contributed by atoms with Gasteiger partial charge in [-0.3, -0.25) is 0 Å². The molecule has 0 unspecified atom stereocenters. The van der Waals surface area contributed by atoms with E-state index < -0.39 is 72.9 Å². The highest BCUT2D eigenvalue weighted by Gasteiger charge is 2.50. The van der Waals surface area contributed by atoms with Gasteiger partial charge in [0.2, 0.25) is 0 Å². The van der Waals surface area contributed by atoms with Crippen LogP contribution < -0.4 is 0 Å². The molecule has 2 saturated heterocycles. The van der Waals surface area contributed by atoms with Crippen molar-refractivity contribution in [3.05, 3.63) is 0 Å². The second kappa shape index (κ2) is 8.56. The minimum Gasteiger partial charge on any atom is -0.394 e. The zero-order chi connectivity index (χ0) is 18.0. The molecular formula is C13H24O10S. The molecule has 10 atom stereocenters. The predicted octanol–water partition coefficient (Wildman–Crippen LogP) is -4.03. The Bertz CT molecular complexity index is 385. The van der Waals surface area contributed by atoms with Gasteiger partial charge in [0.05, 0.1) is 35.9 Å². The van der Waals surface area contributed by atoms with Crippen molar-refractivity contribution >= 4 is 11.8 Å². The number of hydrogen-bond acceptors (Lipinski definition) is 11. The maximum absolute atomic E-state index is 10.3. The molecular weight excluding hydrogens is 348 g/mol. The highest BCUT2D eigenvalue weighted by molar-refractivity contribution is 8.00. The Morgan fingerprint density at radius 1 is 0.792 bits per heavy atom. The summed E-state index contributed by atoms with van der Waals surface area (Å²) in [5, 5.41) is 67.0. The van der Waals surface area contributed by atoms with Gasteiger partial charge >= 0.3 is 0 Å². The van der Waals surface area contributed by atoms with Gasteiger partial charge in [0.15, 0.2) is 12.6 Å². The maximum Gasteiger partial charge on any atom is 0.184 e. The Morgan fingerprint density at radius 3 is 1.79 bits per heavy atom. The lowest BCUT2D eigenvalue weighted by atomic mass is 10.0. The van der Waals surface area contributed by atoms with Crippen molar-refractivity contribution in [2.24, 2.45) is 0 Å². The molecule has 0 saturated carbocycles. The average Bonchev–Trinajstić information content (AvgIpc) is 2.57. The summed E-state index contributed by atoms with van der Waals surface area (Å²) in [5.41, 5.74) is 0. The molecule has 11 heteroatoms. The Hall–Kier alpha value is -0.0500. The van der Waals surface area contributed by atoms with Gasteiger partial charge in [-0.15, -0.1) is 11.8 Å². The smallest absolute Gasteiger partial charge is 0.184 e. The molecule has 142 valence electrons. The molecule has 0 amide bonds. The fraction of sp³-hybridized carbons (Fsp3) is 1.00. The number of ether oxygens (including phenoxy) is 3. The molecule has 2 heterocycles. The first-order valence-electron chi connectivity index (χ1n) is 7.46. The Balaban J connectivity index is 2.18. The van der Waals surface area contributed by atoms with Crippen molar-refractivity contribution in [3.63, 3.8) is 0 Å². The van der Waals surface area contributed by atoms with Crippen LogP contribution in [-0.2, 0) is 14.2 Å². The summed E-state index contributed by atoms with van der Waals surface area (Å²) in [5.74, 6) is 0. The van der Waals surface area contributed by atoms with Crippen molar-refractivity contribution in [1.29, 1.82) is 0 Å². The van der Waals surface area contributed by atoms with E-state index in [-0.39, 0.29) is 0 Å². The van der Waals surface area contributed by atoms with Crippen LogP contribution in [0.15, 0.2) is 0 Å². The molecule has 2 aliphatic heterocycles. The first kappa shape index (κ1) is 20.3.